The van der Waals surface area contributed by atoms with E-state index in [1.165, 1.54) is 36.1 Å². The molecule has 6 heteroatoms. The normalized spacial score (nSPS) is 16.9. The van der Waals surface area contributed by atoms with Gasteiger partial charge >= 0.3 is 5.97 Å². The van der Waals surface area contributed by atoms with E-state index in [1.807, 2.05) is 0 Å². The maximum atomic E-state index is 12.8. The number of nitrogens with zero attached hydrogens (tertiary/aromatic N) is 1. The molecule has 2 atom stereocenters. The number of hydrogen-bond donors (Lipinski definition) is 1. The smallest absolute Gasteiger partial charge is 0.326 e. The second kappa shape index (κ2) is 6.11. The van der Waals surface area contributed by atoms with Crippen LogP contribution < -0.4 is 4.74 Å². The molecule has 0 radical (unpaired) electrons. The molecule has 0 aliphatic heterocycles. The number of carboxylic acid groups (broad SMARTS) is 1. The highest BCUT2D eigenvalue weighted by molar-refractivity contribution is 5.86. The van der Waals surface area contributed by atoms with Gasteiger partial charge < -0.3 is 14.7 Å². The number of carbonyl (C=O) groups is 2. The molecular formula is C15H18FNO4. The number of carbonyl (C=O) groups excluding carboxylic acids is 1. The third kappa shape index (κ3) is 3.71. The monoisotopic (exact) mass is 295 g/mol. The minimum atomic E-state index is -1.04. The van der Waals surface area contributed by atoms with Gasteiger partial charge in [-0.1, -0.05) is 0 Å². The second-order valence-electron chi connectivity index (χ2n) is 5.20. The lowest BCUT2D eigenvalue weighted by atomic mass is 10.2. The summed E-state index contributed by atoms with van der Waals surface area (Å²) >= 11 is 0. The van der Waals surface area contributed by atoms with Crippen LogP contribution in [0.25, 0.3) is 0 Å². The van der Waals surface area contributed by atoms with Crippen LogP contribution in [0.1, 0.15) is 26.7 Å². The first kappa shape index (κ1) is 15.3. The van der Waals surface area contributed by atoms with E-state index < -0.39 is 18.1 Å². The summed E-state index contributed by atoms with van der Waals surface area (Å²) in [6.07, 6.45) is 0.803. The lowest BCUT2D eigenvalue weighted by Gasteiger charge is -2.29. The van der Waals surface area contributed by atoms with E-state index >= 15 is 0 Å². The molecule has 1 aromatic carbocycles. The van der Waals surface area contributed by atoms with Gasteiger partial charge in [0.15, 0.2) is 6.10 Å². The first-order valence-electron chi connectivity index (χ1n) is 6.87. The van der Waals surface area contributed by atoms with E-state index in [-0.39, 0.29) is 17.8 Å². The minimum absolute atomic E-state index is 0.0251. The van der Waals surface area contributed by atoms with Crippen LogP contribution in [0.3, 0.4) is 0 Å². The highest BCUT2D eigenvalue weighted by atomic mass is 19.1. The van der Waals surface area contributed by atoms with Crippen molar-refractivity contribution >= 4 is 11.9 Å². The molecule has 114 valence electrons. The number of halogens is 1. The van der Waals surface area contributed by atoms with Crippen molar-refractivity contribution < 1.29 is 23.8 Å². The molecule has 1 aliphatic rings. The van der Waals surface area contributed by atoms with Gasteiger partial charge in [-0.2, -0.15) is 0 Å². The molecular weight excluding hydrogens is 277 g/mol. The lowest BCUT2D eigenvalue weighted by Crippen LogP contribution is -2.49. The molecule has 0 spiro atoms. The zero-order valence-electron chi connectivity index (χ0n) is 12.0. The van der Waals surface area contributed by atoms with Crippen LogP contribution in [0, 0.1) is 5.82 Å². The number of amides is 1. The Morgan fingerprint density at radius 3 is 2.33 bits per heavy atom. The van der Waals surface area contributed by atoms with Crippen molar-refractivity contribution in [2.45, 2.75) is 44.9 Å². The van der Waals surface area contributed by atoms with Crippen LogP contribution in [-0.4, -0.2) is 40.1 Å². The van der Waals surface area contributed by atoms with Crippen molar-refractivity contribution in [3.63, 3.8) is 0 Å². The van der Waals surface area contributed by atoms with Crippen LogP contribution in [0.4, 0.5) is 4.39 Å². The molecule has 1 saturated carbocycles. The number of hydrogen-bond acceptors (Lipinski definition) is 3. The van der Waals surface area contributed by atoms with Gasteiger partial charge in [0, 0.05) is 6.04 Å². The first-order valence-corrected chi connectivity index (χ1v) is 6.87. The molecule has 0 saturated heterocycles. The Morgan fingerprint density at radius 2 is 1.86 bits per heavy atom. The predicted octanol–water partition coefficient (Wildman–Crippen LogP) is 2.06. The summed E-state index contributed by atoms with van der Waals surface area (Å²) in [5.74, 6) is -1.42. The summed E-state index contributed by atoms with van der Waals surface area (Å²) in [5.41, 5.74) is 0. The Balaban J connectivity index is 2.05. The second-order valence-corrected chi connectivity index (χ2v) is 5.20. The zero-order valence-corrected chi connectivity index (χ0v) is 12.0. The molecule has 0 heterocycles. The Morgan fingerprint density at radius 1 is 1.29 bits per heavy atom. The van der Waals surface area contributed by atoms with Crippen LogP contribution in [0.15, 0.2) is 24.3 Å². The van der Waals surface area contributed by atoms with Crippen LogP contribution in [0.5, 0.6) is 5.75 Å². The summed E-state index contributed by atoms with van der Waals surface area (Å²) in [5, 5.41) is 9.10. The fourth-order valence-corrected chi connectivity index (χ4v) is 2.14. The number of rotatable bonds is 6. The van der Waals surface area contributed by atoms with E-state index in [1.54, 1.807) is 6.92 Å². The van der Waals surface area contributed by atoms with Gasteiger partial charge in [0.25, 0.3) is 5.91 Å². The molecule has 1 N–H and O–H groups in total. The Bertz CT molecular complexity index is 527. The van der Waals surface area contributed by atoms with Gasteiger partial charge in [-0.25, -0.2) is 9.18 Å². The van der Waals surface area contributed by atoms with E-state index in [4.69, 9.17) is 9.84 Å². The third-order valence-electron chi connectivity index (χ3n) is 3.44. The van der Waals surface area contributed by atoms with Crippen LogP contribution in [-0.2, 0) is 9.59 Å². The van der Waals surface area contributed by atoms with Crippen molar-refractivity contribution in [3.8, 4) is 5.75 Å². The lowest BCUT2D eigenvalue weighted by molar-refractivity contribution is -0.153. The number of benzene rings is 1. The van der Waals surface area contributed by atoms with Crippen LogP contribution in [0.2, 0.25) is 0 Å². The largest absolute Gasteiger partial charge is 0.481 e. The highest BCUT2D eigenvalue weighted by Gasteiger charge is 2.40. The van der Waals surface area contributed by atoms with Crippen molar-refractivity contribution in [1.29, 1.82) is 0 Å². The summed E-state index contributed by atoms with van der Waals surface area (Å²) in [4.78, 5) is 24.9. The number of ether oxygens (including phenoxy) is 1. The van der Waals surface area contributed by atoms with Crippen molar-refractivity contribution in [2.75, 3.05) is 0 Å². The molecule has 1 aromatic rings. The van der Waals surface area contributed by atoms with Gasteiger partial charge in [-0.05, 0) is 51.0 Å². The maximum absolute atomic E-state index is 12.8. The zero-order chi connectivity index (χ0) is 15.6. The highest BCUT2D eigenvalue weighted by Crippen LogP contribution is 2.30. The standard InChI is InChI=1S/C15H18FNO4/c1-9(15(19)20)17(12-5-6-12)14(18)10(2)21-13-7-3-11(16)4-8-13/h3-4,7-10,12H,5-6H2,1-2H3,(H,19,20). The number of aliphatic carboxylic acids is 1. The topological polar surface area (TPSA) is 66.8 Å². The average molecular weight is 295 g/mol. The average Bonchev–Trinajstić information content (AvgIpc) is 3.25. The van der Waals surface area contributed by atoms with Gasteiger partial charge in [-0.15, -0.1) is 0 Å². The summed E-state index contributed by atoms with van der Waals surface area (Å²) in [6, 6.07) is 4.44. The Hall–Kier alpha value is -2.11. The van der Waals surface area contributed by atoms with Gasteiger partial charge in [0.05, 0.1) is 0 Å². The van der Waals surface area contributed by atoms with Gasteiger partial charge in [0.2, 0.25) is 0 Å². The SMILES string of the molecule is CC(Oc1ccc(F)cc1)C(=O)N(C1CC1)C(C)C(=O)O. The van der Waals surface area contributed by atoms with E-state index in [9.17, 15) is 14.0 Å². The summed E-state index contributed by atoms with van der Waals surface area (Å²) < 4.78 is 18.3. The van der Waals surface area contributed by atoms with Crippen LogP contribution >= 0.6 is 0 Å². The van der Waals surface area contributed by atoms with Crippen molar-refractivity contribution in [2.24, 2.45) is 0 Å². The molecule has 2 unspecified atom stereocenters. The fraction of sp³-hybridized carbons (Fsp3) is 0.467. The Labute approximate surface area is 122 Å². The summed E-state index contributed by atoms with van der Waals surface area (Å²) in [6.45, 7) is 3.05. The predicted molar refractivity (Wildman–Crippen MR) is 73.5 cm³/mol. The van der Waals surface area contributed by atoms with Crippen molar-refractivity contribution in [1.82, 2.24) is 4.90 Å². The van der Waals surface area contributed by atoms with Gasteiger partial charge in [0.1, 0.15) is 17.6 Å². The molecule has 21 heavy (non-hydrogen) atoms. The first-order chi connectivity index (χ1) is 9.90. The van der Waals surface area contributed by atoms with Crippen molar-refractivity contribution in [3.05, 3.63) is 30.1 Å². The third-order valence-corrected chi connectivity index (χ3v) is 3.44. The fourth-order valence-electron chi connectivity index (χ4n) is 2.14. The molecule has 0 bridgehead atoms. The molecule has 1 fully saturated rings. The molecule has 5 nitrogen and oxygen atoms in total. The van der Waals surface area contributed by atoms with Gasteiger partial charge in [-0.3, -0.25) is 4.79 Å². The molecule has 2 rings (SSSR count). The van der Waals surface area contributed by atoms with E-state index in [0.717, 1.165) is 12.8 Å². The van der Waals surface area contributed by atoms with E-state index in [2.05, 4.69) is 0 Å². The minimum Gasteiger partial charge on any atom is -0.481 e. The Kier molecular flexibility index (Phi) is 4.45. The quantitative estimate of drug-likeness (QED) is 0.872. The van der Waals surface area contributed by atoms with E-state index in [0.29, 0.717) is 5.75 Å². The molecule has 1 amide bonds. The maximum Gasteiger partial charge on any atom is 0.326 e. The molecule has 1 aliphatic carbocycles. The summed E-state index contributed by atoms with van der Waals surface area (Å²) in [7, 11) is 0. The molecule has 0 aromatic heterocycles. The number of carboxylic acids is 1.